The van der Waals surface area contributed by atoms with E-state index in [2.05, 4.69) is 74.6 Å². The number of hydrogen-bond donors (Lipinski definition) is 2. The molecular formula is C48H88NO7P. The summed E-state index contributed by atoms with van der Waals surface area (Å²) in [6, 6.07) is 0. The highest BCUT2D eigenvalue weighted by atomic mass is 31.2. The first kappa shape index (κ1) is 55.2. The summed E-state index contributed by atoms with van der Waals surface area (Å²) >= 11 is 0. The third kappa shape index (κ3) is 45.1. The fourth-order valence-corrected chi connectivity index (χ4v) is 7.12. The van der Waals surface area contributed by atoms with Crippen LogP contribution in [0, 0.1) is 0 Å². The van der Waals surface area contributed by atoms with Crippen LogP contribution in [0.15, 0.2) is 60.8 Å². The molecule has 8 nitrogen and oxygen atoms in total. The lowest BCUT2D eigenvalue weighted by molar-refractivity contribution is -0.154. The molecule has 0 fully saturated rings. The second-order valence-corrected chi connectivity index (χ2v) is 16.7. The highest BCUT2D eigenvalue weighted by molar-refractivity contribution is 7.47. The number of nitrogens with two attached hydrogens (primary N) is 1. The number of esters is 1. The van der Waals surface area contributed by atoms with Gasteiger partial charge in [0, 0.05) is 13.0 Å². The molecule has 0 bridgehead atoms. The van der Waals surface area contributed by atoms with Crippen LogP contribution in [-0.2, 0) is 27.9 Å². The van der Waals surface area contributed by atoms with Crippen molar-refractivity contribution in [2.24, 2.45) is 5.73 Å². The van der Waals surface area contributed by atoms with Crippen LogP contribution in [0.4, 0.5) is 0 Å². The predicted molar refractivity (Wildman–Crippen MR) is 242 cm³/mol. The average molecular weight is 822 g/mol. The van der Waals surface area contributed by atoms with Gasteiger partial charge in [0.25, 0.3) is 0 Å². The van der Waals surface area contributed by atoms with Gasteiger partial charge < -0.3 is 20.1 Å². The van der Waals surface area contributed by atoms with E-state index in [4.69, 9.17) is 24.3 Å². The van der Waals surface area contributed by atoms with Gasteiger partial charge in [0.2, 0.25) is 0 Å². The van der Waals surface area contributed by atoms with Gasteiger partial charge in [-0.25, -0.2) is 4.57 Å². The van der Waals surface area contributed by atoms with E-state index in [1.54, 1.807) is 0 Å². The molecule has 0 spiro atoms. The maximum absolute atomic E-state index is 12.6. The number of ether oxygens (including phenoxy) is 2. The monoisotopic (exact) mass is 822 g/mol. The molecule has 0 aromatic carbocycles. The molecule has 0 aromatic rings. The van der Waals surface area contributed by atoms with E-state index in [1.807, 2.05) is 0 Å². The van der Waals surface area contributed by atoms with E-state index >= 15 is 0 Å². The summed E-state index contributed by atoms with van der Waals surface area (Å²) < 4.78 is 33.4. The van der Waals surface area contributed by atoms with Crippen molar-refractivity contribution in [2.75, 3.05) is 33.0 Å². The van der Waals surface area contributed by atoms with Gasteiger partial charge in [0.1, 0.15) is 6.10 Å². The number of hydrogen-bond acceptors (Lipinski definition) is 7. The molecule has 0 heterocycles. The fourth-order valence-electron chi connectivity index (χ4n) is 6.36. The Kier molecular flexibility index (Phi) is 43.9. The summed E-state index contributed by atoms with van der Waals surface area (Å²) in [5.74, 6) is -0.353. The topological polar surface area (TPSA) is 117 Å². The molecule has 0 aromatic heterocycles. The molecule has 9 heteroatoms. The Bertz CT molecular complexity index is 1060. The van der Waals surface area contributed by atoms with Crippen LogP contribution in [0.3, 0.4) is 0 Å². The third-order valence-electron chi connectivity index (χ3n) is 9.72. The molecule has 3 N–H and O–H groups in total. The van der Waals surface area contributed by atoms with E-state index in [-0.39, 0.29) is 32.3 Å². The minimum Gasteiger partial charge on any atom is -0.457 e. The van der Waals surface area contributed by atoms with Gasteiger partial charge in [-0.3, -0.25) is 13.8 Å². The molecule has 57 heavy (non-hydrogen) atoms. The number of unbranched alkanes of at least 4 members (excludes halogenated alkanes) is 21. The quantitative estimate of drug-likeness (QED) is 0.0270. The number of phosphoric acid groups is 1. The second kappa shape index (κ2) is 45.3. The number of phosphoric ester groups is 1. The van der Waals surface area contributed by atoms with Gasteiger partial charge in [-0.1, -0.05) is 209 Å². The van der Waals surface area contributed by atoms with Gasteiger partial charge in [-0.05, 0) is 44.9 Å². The summed E-state index contributed by atoms with van der Waals surface area (Å²) in [6.07, 6.45) is 55.6. The van der Waals surface area contributed by atoms with Crippen LogP contribution in [0.25, 0.3) is 0 Å². The lowest BCUT2D eigenvalue weighted by Gasteiger charge is -2.19. The highest BCUT2D eigenvalue weighted by Gasteiger charge is 2.25. The van der Waals surface area contributed by atoms with Crippen LogP contribution in [0.5, 0.6) is 0 Å². The van der Waals surface area contributed by atoms with Crippen molar-refractivity contribution in [3.05, 3.63) is 60.8 Å². The third-order valence-corrected chi connectivity index (χ3v) is 10.7. The lowest BCUT2D eigenvalue weighted by Crippen LogP contribution is -2.28. The normalized spacial score (nSPS) is 14.0. The molecule has 0 saturated heterocycles. The fraction of sp³-hybridized carbons (Fsp3) is 0.771. The summed E-state index contributed by atoms with van der Waals surface area (Å²) in [6.45, 7) is 4.60. The zero-order chi connectivity index (χ0) is 41.6. The van der Waals surface area contributed by atoms with Crippen molar-refractivity contribution in [2.45, 2.75) is 206 Å². The Balaban J connectivity index is 4.04. The molecule has 0 rings (SSSR count). The van der Waals surface area contributed by atoms with Gasteiger partial charge in [-0.15, -0.1) is 0 Å². The van der Waals surface area contributed by atoms with E-state index in [9.17, 15) is 14.3 Å². The summed E-state index contributed by atoms with van der Waals surface area (Å²) in [5.41, 5.74) is 5.37. The Morgan fingerprint density at radius 2 is 0.947 bits per heavy atom. The van der Waals surface area contributed by atoms with E-state index in [1.165, 1.54) is 122 Å². The van der Waals surface area contributed by atoms with Gasteiger partial charge >= 0.3 is 13.8 Å². The zero-order valence-corrected chi connectivity index (χ0v) is 37.7. The van der Waals surface area contributed by atoms with Gasteiger partial charge in [0.15, 0.2) is 0 Å². The molecule has 0 radical (unpaired) electrons. The lowest BCUT2D eigenvalue weighted by atomic mass is 10.0. The first-order valence-electron chi connectivity index (χ1n) is 23.3. The van der Waals surface area contributed by atoms with Crippen molar-refractivity contribution in [3.8, 4) is 0 Å². The number of allylic oxidation sites excluding steroid dienone is 9. The Labute approximate surface area is 351 Å². The zero-order valence-electron chi connectivity index (χ0n) is 36.8. The second-order valence-electron chi connectivity index (χ2n) is 15.2. The van der Waals surface area contributed by atoms with Crippen LogP contribution in [-0.4, -0.2) is 49.9 Å². The van der Waals surface area contributed by atoms with E-state index < -0.39 is 13.9 Å². The number of rotatable bonds is 44. The maximum atomic E-state index is 12.6. The summed E-state index contributed by atoms with van der Waals surface area (Å²) in [7, 11) is -4.30. The van der Waals surface area contributed by atoms with Crippen LogP contribution in [0.2, 0.25) is 0 Å². The molecule has 0 aliphatic carbocycles. The summed E-state index contributed by atoms with van der Waals surface area (Å²) in [5, 5.41) is 0. The minimum absolute atomic E-state index is 0.0622. The molecule has 0 amide bonds. The maximum Gasteiger partial charge on any atom is 0.472 e. The van der Waals surface area contributed by atoms with E-state index in [0.717, 1.165) is 51.4 Å². The molecule has 0 aliphatic heterocycles. The average Bonchev–Trinajstić information content (AvgIpc) is 3.20. The minimum atomic E-state index is -4.30. The highest BCUT2D eigenvalue weighted by Crippen LogP contribution is 2.43. The predicted octanol–water partition coefficient (Wildman–Crippen LogP) is 14.1. The first-order chi connectivity index (χ1) is 27.9. The van der Waals surface area contributed by atoms with Crippen LogP contribution < -0.4 is 5.73 Å². The molecule has 332 valence electrons. The smallest absolute Gasteiger partial charge is 0.457 e. The largest absolute Gasteiger partial charge is 0.472 e. The molecule has 0 aliphatic rings. The van der Waals surface area contributed by atoms with E-state index in [0.29, 0.717) is 19.4 Å². The molecule has 0 saturated carbocycles. The van der Waals surface area contributed by atoms with Crippen molar-refractivity contribution in [1.82, 2.24) is 0 Å². The van der Waals surface area contributed by atoms with Crippen LogP contribution in [0.1, 0.15) is 200 Å². The van der Waals surface area contributed by atoms with Crippen molar-refractivity contribution in [1.29, 1.82) is 0 Å². The molecule has 2 atom stereocenters. The number of carbonyl (C=O) groups excluding carboxylic acids is 1. The Hall–Kier alpha value is -1.80. The molecule has 2 unspecified atom stereocenters. The Morgan fingerprint density at radius 3 is 1.37 bits per heavy atom. The summed E-state index contributed by atoms with van der Waals surface area (Å²) in [4.78, 5) is 22.5. The van der Waals surface area contributed by atoms with Crippen molar-refractivity contribution in [3.63, 3.8) is 0 Å². The standard InChI is InChI=1S/C48H88NO7P/c1-3-5-7-9-11-13-15-17-19-21-22-23-24-25-26-27-29-31-33-35-37-39-41-48(50)56-47(46-55-57(51,52)54-44-42-49)45-53-43-40-38-36-34-32-30-28-20-18-16-14-12-10-8-6-4-2/h6,8,12,14,18,20,30,32,36,38,47H,3-5,7,9-11,13,15-17,19,21-29,31,33-35,37,39-46,49H2,1-2H3,(H,51,52)/b8-6-,14-12-,20-18-,32-30-,38-36-. The molecular weight excluding hydrogens is 734 g/mol. The van der Waals surface area contributed by atoms with Crippen LogP contribution >= 0.6 is 7.82 Å². The van der Waals surface area contributed by atoms with Gasteiger partial charge in [0.05, 0.1) is 26.4 Å². The first-order valence-corrected chi connectivity index (χ1v) is 24.8. The SMILES string of the molecule is CC/C=C\C/C=C\C/C=C\C/C=C\C/C=C\CCOCC(COP(=O)(O)OCCN)OC(=O)CCCCCCCCCCCCCCCCCCCCCCCC. The van der Waals surface area contributed by atoms with Gasteiger partial charge in [-0.2, -0.15) is 0 Å². The number of carbonyl (C=O) groups is 1. The Morgan fingerprint density at radius 1 is 0.544 bits per heavy atom. The van der Waals surface area contributed by atoms with Crippen molar-refractivity contribution < 1.29 is 32.8 Å². The van der Waals surface area contributed by atoms with Crippen molar-refractivity contribution >= 4 is 13.8 Å².